The normalized spacial score (nSPS) is 13.5. The van der Waals surface area contributed by atoms with Crippen molar-refractivity contribution in [1.82, 2.24) is 5.32 Å². The van der Waals surface area contributed by atoms with E-state index in [1.54, 1.807) is 0 Å². The molecule has 0 heterocycles. The quantitative estimate of drug-likeness (QED) is 0.729. The van der Waals surface area contributed by atoms with Crippen LogP contribution in [-0.2, 0) is 4.74 Å². The van der Waals surface area contributed by atoms with E-state index >= 15 is 0 Å². The first-order valence-corrected chi connectivity index (χ1v) is 7.24. The van der Waals surface area contributed by atoms with Crippen LogP contribution in [0.4, 0.5) is 4.79 Å². The minimum Gasteiger partial charge on any atom is -0.444 e. The van der Waals surface area contributed by atoms with Gasteiger partial charge in [-0.05, 0) is 46.0 Å². The molecule has 1 unspecified atom stereocenters. The Morgan fingerprint density at radius 1 is 1.17 bits per heavy atom. The summed E-state index contributed by atoms with van der Waals surface area (Å²) >= 11 is 0. The Kier molecular flexibility index (Phi) is 8.05. The number of rotatable bonds is 7. The van der Waals surface area contributed by atoms with E-state index in [0.717, 1.165) is 32.1 Å². The van der Waals surface area contributed by atoms with Crippen LogP contribution in [0.5, 0.6) is 0 Å². The molecule has 1 amide bonds. The molecule has 0 bridgehead atoms. The lowest BCUT2D eigenvalue weighted by Gasteiger charge is -2.24. The molecule has 0 spiro atoms. The SMILES string of the molecule is CCCCC(CCC(C)C)NC(=O)OC(C)(C)C. The summed E-state index contributed by atoms with van der Waals surface area (Å²) in [6.45, 7) is 12.3. The van der Waals surface area contributed by atoms with Crippen LogP contribution in [0.1, 0.15) is 73.6 Å². The number of unbranched alkanes of at least 4 members (excludes halogenated alkanes) is 1. The molecule has 0 rings (SSSR count). The third-order valence-corrected chi connectivity index (χ3v) is 2.72. The standard InChI is InChI=1S/C15H31NO2/c1-7-8-9-13(11-10-12(2)3)16-14(17)18-15(4,5)6/h12-13H,7-11H2,1-6H3,(H,16,17). The molecule has 0 saturated carbocycles. The van der Waals surface area contributed by atoms with Crippen molar-refractivity contribution < 1.29 is 9.53 Å². The lowest BCUT2D eigenvalue weighted by atomic mass is 9.99. The molecule has 0 aliphatic carbocycles. The second kappa shape index (κ2) is 8.39. The highest BCUT2D eigenvalue weighted by atomic mass is 16.6. The van der Waals surface area contributed by atoms with Gasteiger partial charge in [-0.1, -0.05) is 33.6 Å². The van der Waals surface area contributed by atoms with Crippen LogP contribution >= 0.6 is 0 Å². The molecule has 0 aromatic carbocycles. The smallest absolute Gasteiger partial charge is 0.407 e. The molecule has 0 aliphatic rings. The van der Waals surface area contributed by atoms with Crippen LogP contribution < -0.4 is 5.32 Å². The van der Waals surface area contributed by atoms with E-state index in [2.05, 4.69) is 26.1 Å². The summed E-state index contributed by atoms with van der Waals surface area (Å²) < 4.78 is 5.30. The second-order valence-corrected chi connectivity index (χ2v) is 6.46. The molecule has 0 aromatic rings. The minimum atomic E-state index is -0.419. The van der Waals surface area contributed by atoms with Gasteiger partial charge in [0.1, 0.15) is 5.60 Å². The molecular weight excluding hydrogens is 226 g/mol. The van der Waals surface area contributed by atoms with Crippen molar-refractivity contribution in [2.45, 2.75) is 85.3 Å². The summed E-state index contributed by atoms with van der Waals surface area (Å²) in [7, 11) is 0. The molecule has 18 heavy (non-hydrogen) atoms. The van der Waals surface area contributed by atoms with E-state index in [1.165, 1.54) is 0 Å². The van der Waals surface area contributed by atoms with Gasteiger partial charge in [0, 0.05) is 6.04 Å². The summed E-state index contributed by atoms with van der Waals surface area (Å²) in [5, 5.41) is 3.00. The lowest BCUT2D eigenvalue weighted by Crippen LogP contribution is -2.39. The van der Waals surface area contributed by atoms with Gasteiger partial charge < -0.3 is 10.1 Å². The van der Waals surface area contributed by atoms with Gasteiger partial charge in [0.05, 0.1) is 0 Å². The van der Waals surface area contributed by atoms with Crippen LogP contribution in [0, 0.1) is 5.92 Å². The molecule has 1 atom stereocenters. The Balaban J connectivity index is 4.16. The van der Waals surface area contributed by atoms with Crippen LogP contribution in [-0.4, -0.2) is 17.7 Å². The number of carbonyl (C=O) groups is 1. The van der Waals surface area contributed by atoms with Crippen molar-refractivity contribution in [3.8, 4) is 0 Å². The van der Waals surface area contributed by atoms with Gasteiger partial charge in [-0.3, -0.25) is 0 Å². The van der Waals surface area contributed by atoms with Crippen LogP contribution in [0.3, 0.4) is 0 Å². The maximum absolute atomic E-state index is 11.7. The molecule has 0 aromatic heterocycles. The molecule has 3 heteroatoms. The van der Waals surface area contributed by atoms with Gasteiger partial charge in [-0.2, -0.15) is 0 Å². The number of hydrogen-bond donors (Lipinski definition) is 1. The molecule has 0 fully saturated rings. The second-order valence-electron chi connectivity index (χ2n) is 6.46. The van der Waals surface area contributed by atoms with Crippen molar-refractivity contribution in [1.29, 1.82) is 0 Å². The van der Waals surface area contributed by atoms with E-state index < -0.39 is 5.60 Å². The summed E-state index contributed by atoms with van der Waals surface area (Å²) in [6.07, 6.45) is 5.25. The van der Waals surface area contributed by atoms with E-state index in [0.29, 0.717) is 5.92 Å². The van der Waals surface area contributed by atoms with Crippen molar-refractivity contribution in [3.63, 3.8) is 0 Å². The van der Waals surface area contributed by atoms with Gasteiger partial charge in [-0.15, -0.1) is 0 Å². The van der Waals surface area contributed by atoms with Gasteiger partial charge in [0.15, 0.2) is 0 Å². The highest BCUT2D eigenvalue weighted by molar-refractivity contribution is 5.68. The van der Waals surface area contributed by atoms with Crippen LogP contribution in [0.15, 0.2) is 0 Å². The Morgan fingerprint density at radius 2 is 1.78 bits per heavy atom. The maximum atomic E-state index is 11.7. The number of alkyl carbamates (subject to hydrolysis) is 1. The predicted molar refractivity (Wildman–Crippen MR) is 76.8 cm³/mol. The average Bonchev–Trinajstić information content (AvgIpc) is 2.19. The number of ether oxygens (including phenoxy) is 1. The fraction of sp³-hybridized carbons (Fsp3) is 0.933. The average molecular weight is 257 g/mol. The molecule has 1 N–H and O–H groups in total. The third-order valence-electron chi connectivity index (χ3n) is 2.72. The third kappa shape index (κ3) is 10.4. The van der Waals surface area contributed by atoms with Crippen molar-refractivity contribution in [3.05, 3.63) is 0 Å². The van der Waals surface area contributed by atoms with Crippen molar-refractivity contribution >= 4 is 6.09 Å². The zero-order chi connectivity index (χ0) is 14.2. The number of nitrogens with one attached hydrogen (secondary N) is 1. The fourth-order valence-corrected chi connectivity index (χ4v) is 1.75. The Morgan fingerprint density at radius 3 is 2.22 bits per heavy atom. The first kappa shape index (κ1) is 17.3. The highest BCUT2D eigenvalue weighted by Gasteiger charge is 2.19. The Bertz CT molecular complexity index is 231. The predicted octanol–water partition coefficient (Wildman–Crippen LogP) is 4.51. The summed E-state index contributed by atoms with van der Waals surface area (Å²) in [5.41, 5.74) is -0.419. The topological polar surface area (TPSA) is 38.3 Å². The van der Waals surface area contributed by atoms with E-state index in [4.69, 9.17) is 4.74 Å². The summed E-state index contributed by atoms with van der Waals surface area (Å²) in [4.78, 5) is 11.7. The first-order chi connectivity index (χ1) is 8.24. The van der Waals surface area contributed by atoms with Gasteiger partial charge in [0.25, 0.3) is 0 Å². The van der Waals surface area contributed by atoms with E-state index in [1.807, 2.05) is 20.8 Å². The van der Waals surface area contributed by atoms with E-state index in [9.17, 15) is 4.79 Å². The Hall–Kier alpha value is -0.730. The number of amides is 1. The van der Waals surface area contributed by atoms with E-state index in [-0.39, 0.29) is 12.1 Å². The zero-order valence-electron chi connectivity index (χ0n) is 13.0. The van der Waals surface area contributed by atoms with Crippen molar-refractivity contribution in [2.24, 2.45) is 5.92 Å². The molecule has 3 nitrogen and oxygen atoms in total. The highest BCUT2D eigenvalue weighted by Crippen LogP contribution is 2.13. The molecular formula is C15H31NO2. The van der Waals surface area contributed by atoms with Gasteiger partial charge in [0.2, 0.25) is 0 Å². The fourth-order valence-electron chi connectivity index (χ4n) is 1.75. The number of hydrogen-bond acceptors (Lipinski definition) is 2. The summed E-state index contributed by atoms with van der Waals surface area (Å²) in [6, 6.07) is 0.252. The van der Waals surface area contributed by atoms with Gasteiger partial charge >= 0.3 is 6.09 Å². The molecule has 108 valence electrons. The molecule has 0 aliphatic heterocycles. The minimum absolute atomic E-state index is 0.252. The lowest BCUT2D eigenvalue weighted by molar-refractivity contribution is 0.0497. The number of carbonyl (C=O) groups excluding carboxylic acids is 1. The van der Waals surface area contributed by atoms with Crippen LogP contribution in [0.2, 0.25) is 0 Å². The largest absolute Gasteiger partial charge is 0.444 e. The molecule has 0 saturated heterocycles. The Labute approximate surface area is 113 Å². The monoisotopic (exact) mass is 257 g/mol. The van der Waals surface area contributed by atoms with Gasteiger partial charge in [-0.25, -0.2) is 4.79 Å². The summed E-state index contributed by atoms with van der Waals surface area (Å²) in [5.74, 6) is 0.676. The zero-order valence-corrected chi connectivity index (χ0v) is 13.0. The van der Waals surface area contributed by atoms with Crippen molar-refractivity contribution in [2.75, 3.05) is 0 Å². The van der Waals surface area contributed by atoms with Crippen LogP contribution in [0.25, 0.3) is 0 Å². The molecule has 0 radical (unpaired) electrons. The first-order valence-electron chi connectivity index (χ1n) is 7.24. The maximum Gasteiger partial charge on any atom is 0.407 e.